The molecule has 7 rings (SSSR count). The molecule has 0 aliphatic carbocycles. The Morgan fingerprint density at radius 3 is 1.30 bits per heavy atom. The van der Waals surface area contributed by atoms with Crippen LogP contribution in [0.25, 0.3) is 21.5 Å². The fourth-order valence-electron chi connectivity index (χ4n) is 7.43. The second-order valence-electron chi connectivity index (χ2n) is 15.1. The molecule has 348 valence electrons. The van der Waals surface area contributed by atoms with Crippen molar-refractivity contribution in [2.24, 2.45) is 20.5 Å². The molecule has 0 fully saturated rings. The van der Waals surface area contributed by atoms with Crippen molar-refractivity contribution in [1.82, 2.24) is 15.0 Å². The molecule has 1 heterocycles. The summed E-state index contributed by atoms with van der Waals surface area (Å²) >= 11 is 1.49. The topological polar surface area (TPSA) is 227 Å². The van der Waals surface area contributed by atoms with Crippen molar-refractivity contribution < 1.29 is 25.9 Å². The summed E-state index contributed by atoms with van der Waals surface area (Å²) in [6, 6.07) is 30.6. The summed E-state index contributed by atoms with van der Waals surface area (Å²) in [5.74, 6) is 1.21. The van der Waals surface area contributed by atoms with Crippen LogP contribution < -0.4 is 20.4 Å². The Hall–Kier alpha value is -6.58. The lowest BCUT2D eigenvalue weighted by atomic mass is 10.1. The van der Waals surface area contributed by atoms with Gasteiger partial charge in [-0.2, -0.15) is 31.8 Å². The number of fused-ring (bicyclic) bond motifs is 2. The van der Waals surface area contributed by atoms with Gasteiger partial charge in [0, 0.05) is 64.9 Å². The molecule has 0 aliphatic rings. The predicted octanol–water partition coefficient (Wildman–Crippen LogP) is 12.6. The van der Waals surface area contributed by atoms with Crippen molar-refractivity contribution in [3.05, 3.63) is 109 Å². The van der Waals surface area contributed by atoms with E-state index in [0.717, 1.165) is 56.1 Å². The Morgan fingerprint density at radius 1 is 0.522 bits per heavy atom. The van der Waals surface area contributed by atoms with Crippen LogP contribution >= 0.6 is 11.8 Å². The highest BCUT2D eigenvalue weighted by atomic mass is 32.2. The van der Waals surface area contributed by atoms with Gasteiger partial charge in [0.05, 0.1) is 22.7 Å². The monoisotopic (exact) mass is 961 g/mol. The van der Waals surface area contributed by atoms with Gasteiger partial charge in [0.1, 0.15) is 21.2 Å². The van der Waals surface area contributed by atoms with Crippen LogP contribution in [0.1, 0.15) is 47.5 Å². The summed E-state index contributed by atoms with van der Waals surface area (Å²) in [6.45, 7) is 13.4. The second-order valence-corrected chi connectivity index (χ2v) is 18.9. The molecular formula is C47H51N11O6S3. The van der Waals surface area contributed by atoms with E-state index < -0.39 is 20.2 Å². The summed E-state index contributed by atoms with van der Waals surface area (Å²) in [6.07, 6.45) is 1.92. The molecule has 6 aromatic carbocycles. The third-order valence-electron chi connectivity index (χ3n) is 10.9. The molecule has 17 nitrogen and oxygen atoms in total. The molecular weight excluding hydrogens is 911 g/mol. The van der Waals surface area contributed by atoms with Gasteiger partial charge in [-0.15, -0.1) is 20.5 Å². The fraction of sp³-hybridized carbons (Fsp3) is 0.255. The van der Waals surface area contributed by atoms with Crippen LogP contribution in [0, 0.1) is 0 Å². The Labute approximate surface area is 394 Å². The molecule has 0 amide bonds. The maximum Gasteiger partial charge on any atom is 0.295 e. The lowest BCUT2D eigenvalue weighted by Gasteiger charge is -2.22. The molecule has 1 aromatic heterocycles. The number of aromatic nitrogens is 3. The van der Waals surface area contributed by atoms with E-state index in [0.29, 0.717) is 60.8 Å². The number of anilines is 6. The summed E-state index contributed by atoms with van der Waals surface area (Å²) in [5.41, 5.74) is 4.60. The Balaban J connectivity index is 1.30. The third kappa shape index (κ3) is 11.5. The van der Waals surface area contributed by atoms with Crippen LogP contribution in [0.15, 0.2) is 145 Å². The molecule has 4 N–H and O–H groups in total. The van der Waals surface area contributed by atoms with Gasteiger partial charge in [-0.25, -0.2) is 0 Å². The first-order valence-corrected chi connectivity index (χ1v) is 25.6. The Kier molecular flexibility index (Phi) is 15.4. The van der Waals surface area contributed by atoms with Crippen LogP contribution in [-0.2, 0) is 20.2 Å². The largest absolute Gasteiger partial charge is 0.372 e. The molecule has 0 saturated heterocycles. The fourth-order valence-corrected chi connectivity index (χ4v) is 9.74. The van der Waals surface area contributed by atoms with Gasteiger partial charge in [0.15, 0.2) is 5.16 Å². The summed E-state index contributed by atoms with van der Waals surface area (Å²) in [4.78, 5) is 18.4. The number of azo groups is 2. The van der Waals surface area contributed by atoms with Gasteiger partial charge in [-0.3, -0.25) is 9.11 Å². The average Bonchev–Trinajstić information content (AvgIpc) is 3.31. The number of nitrogens with one attached hydrogen (secondary N) is 2. The first-order valence-electron chi connectivity index (χ1n) is 21.8. The second kappa shape index (κ2) is 21.4. The quantitative estimate of drug-likeness (QED) is 0.0241. The van der Waals surface area contributed by atoms with E-state index in [-0.39, 0.29) is 21.7 Å². The van der Waals surface area contributed by atoms with Crippen molar-refractivity contribution >= 4 is 111 Å². The smallest absolute Gasteiger partial charge is 0.295 e. The average molecular weight is 962 g/mol. The highest BCUT2D eigenvalue weighted by molar-refractivity contribution is 7.99. The lowest BCUT2D eigenvalue weighted by Crippen LogP contribution is -2.21. The number of hydrogen-bond acceptors (Lipinski definition) is 16. The number of thioether (sulfide) groups is 1. The minimum absolute atomic E-state index is 0.223. The van der Waals surface area contributed by atoms with Gasteiger partial charge in [-0.1, -0.05) is 73.6 Å². The first kappa shape index (κ1) is 48.4. The number of nitrogens with zero attached hydrogens (tertiary/aromatic N) is 9. The zero-order chi connectivity index (χ0) is 47.7. The first-order chi connectivity index (χ1) is 32.2. The standard InChI is InChI=1S/C47H51N11O6S3/c1-6-11-28-65-47-51-45(48-41-29-31(57(7-2)8-3)20-22-39(41)55-53-37-24-26-43(66(59,60)61)35-18-14-12-16-33(35)37)50-46(52-47)49-42-30-32(58(9-4)10-5)21-23-40(42)56-54-38-25-27-44(67(62,63)64)36-19-15-13-17-34(36)38/h12-27,29-30H,6-11,28H2,1-5H3,(H,59,60,61)(H,62,63,64)(H2,48,49,50,51,52)/b55-53+,56-54+. The number of hydrogen-bond donors (Lipinski definition) is 4. The number of unbranched alkanes of at least 4 members (excludes halogenated alkanes) is 1. The summed E-state index contributed by atoms with van der Waals surface area (Å²) in [7, 11) is -8.99. The van der Waals surface area contributed by atoms with E-state index in [9.17, 15) is 25.9 Å². The predicted molar refractivity (Wildman–Crippen MR) is 268 cm³/mol. The Bertz CT molecular complexity index is 3000. The highest BCUT2D eigenvalue weighted by Gasteiger charge is 2.19. The molecule has 0 atom stereocenters. The third-order valence-corrected chi connectivity index (χ3v) is 13.6. The van der Waals surface area contributed by atoms with Gasteiger partial charge < -0.3 is 20.4 Å². The van der Waals surface area contributed by atoms with Crippen LogP contribution in [0.5, 0.6) is 0 Å². The molecule has 20 heteroatoms. The molecule has 0 spiro atoms. The van der Waals surface area contributed by atoms with Crippen molar-refractivity contribution in [3.63, 3.8) is 0 Å². The van der Waals surface area contributed by atoms with Gasteiger partial charge in [0.2, 0.25) is 11.9 Å². The molecule has 0 unspecified atom stereocenters. The zero-order valence-corrected chi connectivity index (χ0v) is 40.1. The van der Waals surface area contributed by atoms with Gasteiger partial charge >= 0.3 is 0 Å². The SMILES string of the molecule is CCCCSc1nc(Nc2cc(N(CC)CC)ccc2/N=N/c2ccc(S(=O)(=O)O)c3ccccc23)nc(Nc2cc(N(CC)CC)ccc2/N=N/c2ccc(S(=O)(=O)O)c3ccccc23)n1. The van der Waals surface area contributed by atoms with E-state index >= 15 is 0 Å². The van der Waals surface area contributed by atoms with Crippen LogP contribution in [0.4, 0.5) is 57.4 Å². The summed E-state index contributed by atoms with van der Waals surface area (Å²) in [5, 5.41) is 27.3. The Morgan fingerprint density at radius 2 is 0.910 bits per heavy atom. The van der Waals surface area contributed by atoms with Crippen LogP contribution in [0.3, 0.4) is 0 Å². The molecule has 7 aromatic rings. The molecule has 0 bridgehead atoms. The van der Waals surface area contributed by atoms with Crippen molar-refractivity contribution in [2.75, 3.05) is 52.4 Å². The van der Waals surface area contributed by atoms with Crippen LogP contribution in [0.2, 0.25) is 0 Å². The molecule has 0 saturated carbocycles. The molecule has 0 aliphatic heterocycles. The summed E-state index contributed by atoms with van der Waals surface area (Å²) < 4.78 is 68.6. The zero-order valence-electron chi connectivity index (χ0n) is 37.6. The maximum absolute atomic E-state index is 12.2. The van der Waals surface area contributed by atoms with E-state index in [1.54, 1.807) is 48.5 Å². The van der Waals surface area contributed by atoms with Crippen molar-refractivity contribution in [3.8, 4) is 0 Å². The van der Waals surface area contributed by atoms with Crippen LogP contribution in [-0.4, -0.2) is 72.8 Å². The van der Waals surface area contributed by atoms with E-state index in [1.807, 2.05) is 36.4 Å². The normalized spacial score (nSPS) is 12.1. The van der Waals surface area contributed by atoms with E-state index in [2.05, 4.69) is 75.5 Å². The van der Waals surface area contributed by atoms with Crippen molar-refractivity contribution in [2.45, 2.75) is 62.4 Å². The minimum Gasteiger partial charge on any atom is -0.372 e. The number of benzene rings is 6. The van der Waals surface area contributed by atoms with Crippen molar-refractivity contribution in [1.29, 1.82) is 0 Å². The van der Waals surface area contributed by atoms with E-state index in [4.69, 9.17) is 15.0 Å². The van der Waals surface area contributed by atoms with Gasteiger partial charge in [-0.05, 0) is 94.8 Å². The molecule has 0 radical (unpaired) electrons. The maximum atomic E-state index is 12.2. The minimum atomic E-state index is -4.49. The molecule has 67 heavy (non-hydrogen) atoms. The number of rotatable bonds is 20. The van der Waals surface area contributed by atoms with E-state index in [1.165, 1.54) is 36.0 Å². The highest BCUT2D eigenvalue weighted by Crippen LogP contribution is 2.39. The van der Waals surface area contributed by atoms with Gasteiger partial charge in [0.25, 0.3) is 20.2 Å². The lowest BCUT2D eigenvalue weighted by molar-refractivity contribution is 0.482.